The van der Waals surface area contributed by atoms with E-state index in [9.17, 15) is 0 Å². The van der Waals surface area contributed by atoms with Gasteiger partial charge in [-0.1, -0.05) is 0 Å². The molecule has 0 bridgehead atoms. The molecule has 6 nitrogen and oxygen atoms in total. The number of ether oxygens (including phenoxy) is 1. The van der Waals surface area contributed by atoms with Crippen molar-refractivity contribution in [3.8, 4) is 5.75 Å². The maximum Gasteiger partial charge on any atom is 0.154 e. The molecule has 1 aliphatic carbocycles. The normalized spacial score (nSPS) is 20.8. The Bertz CT molecular complexity index is 874. The number of rotatable bonds is 4. The minimum Gasteiger partial charge on any atom is -0.487 e. The number of nitrogens with zero attached hydrogens (tertiary/aromatic N) is 5. The number of fused-ring (bicyclic) bond motifs is 1. The molecule has 0 N–H and O–H groups in total. The molecule has 4 heterocycles. The van der Waals surface area contributed by atoms with Crippen molar-refractivity contribution in [1.82, 2.24) is 19.6 Å². The highest BCUT2D eigenvalue weighted by molar-refractivity contribution is 5.69. The smallest absolute Gasteiger partial charge is 0.154 e. The van der Waals surface area contributed by atoms with Crippen LogP contribution in [0.3, 0.4) is 0 Å². The third-order valence-corrected chi connectivity index (χ3v) is 5.00. The first-order valence-corrected chi connectivity index (χ1v) is 9.03. The molecule has 128 valence electrons. The Labute approximate surface area is 146 Å². The van der Waals surface area contributed by atoms with Crippen LogP contribution >= 0.6 is 0 Å². The second kappa shape index (κ2) is 6.02. The van der Waals surface area contributed by atoms with Crippen molar-refractivity contribution in [1.29, 1.82) is 0 Å². The van der Waals surface area contributed by atoms with Crippen molar-refractivity contribution < 1.29 is 4.74 Å². The van der Waals surface area contributed by atoms with Crippen LogP contribution in [-0.2, 0) is 0 Å². The van der Waals surface area contributed by atoms with Gasteiger partial charge in [0.05, 0.1) is 18.4 Å². The van der Waals surface area contributed by atoms with E-state index in [4.69, 9.17) is 9.84 Å². The fraction of sp³-hybridized carbons (Fsp3) is 0.421. The number of pyridine rings is 1. The third kappa shape index (κ3) is 2.92. The number of aromatic nitrogens is 4. The van der Waals surface area contributed by atoms with Gasteiger partial charge in [0.2, 0.25) is 0 Å². The van der Waals surface area contributed by atoms with Crippen LogP contribution in [0.2, 0.25) is 0 Å². The standard InChI is InChI=1S/C19H21N5O/c1-3-15(12-20-7-1)25-16-4-2-9-23(13-16)19-18-11-17(14-5-6-14)22-24(18)10-8-21-19/h1,3,7-8,10-12,14,16H,2,4-6,9,13H2. The SMILES string of the molecule is c1cncc(OC2CCCN(c3nccn4nc(C5CC5)cc34)C2)c1. The summed E-state index contributed by atoms with van der Waals surface area (Å²) in [4.78, 5) is 11.1. The molecule has 2 aliphatic rings. The molecule has 0 amide bonds. The van der Waals surface area contributed by atoms with E-state index < -0.39 is 0 Å². The van der Waals surface area contributed by atoms with Gasteiger partial charge >= 0.3 is 0 Å². The molecule has 25 heavy (non-hydrogen) atoms. The van der Waals surface area contributed by atoms with Crippen LogP contribution in [-0.4, -0.2) is 38.8 Å². The van der Waals surface area contributed by atoms with E-state index >= 15 is 0 Å². The van der Waals surface area contributed by atoms with Gasteiger partial charge in [-0.15, -0.1) is 0 Å². The van der Waals surface area contributed by atoms with Gasteiger partial charge in [-0.25, -0.2) is 9.50 Å². The van der Waals surface area contributed by atoms with E-state index in [0.29, 0.717) is 5.92 Å². The van der Waals surface area contributed by atoms with E-state index in [1.165, 1.54) is 18.5 Å². The zero-order chi connectivity index (χ0) is 16.6. The van der Waals surface area contributed by atoms with Gasteiger partial charge in [-0.3, -0.25) is 4.98 Å². The van der Waals surface area contributed by atoms with Crippen LogP contribution in [0.15, 0.2) is 43.0 Å². The van der Waals surface area contributed by atoms with E-state index in [-0.39, 0.29) is 6.10 Å². The lowest BCUT2D eigenvalue weighted by Crippen LogP contribution is -2.41. The largest absolute Gasteiger partial charge is 0.487 e. The molecule has 3 aromatic heterocycles. The number of anilines is 1. The van der Waals surface area contributed by atoms with Crippen LogP contribution < -0.4 is 9.64 Å². The summed E-state index contributed by atoms with van der Waals surface area (Å²) in [6.07, 6.45) is 12.2. The lowest BCUT2D eigenvalue weighted by Gasteiger charge is -2.33. The summed E-state index contributed by atoms with van der Waals surface area (Å²) >= 11 is 0. The zero-order valence-electron chi connectivity index (χ0n) is 14.1. The number of hydrogen-bond donors (Lipinski definition) is 0. The predicted molar refractivity (Wildman–Crippen MR) is 95.1 cm³/mol. The summed E-state index contributed by atoms with van der Waals surface area (Å²) in [5, 5.41) is 4.73. The first kappa shape index (κ1) is 14.7. The third-order valence-electron chi connectivity index (χ3n) is 5.00. The molecule has 6 heteroatoms. The minimum atomic E-state index is 0.158. The zero-order valence-corrected chi connectivity index (χ0v) is 14.1. The molecule has 1 unspecified atom stereocenters. The topological polar surface area (TPSA) is 55.5 Å². The Morgan fingerprint density at radius 2 is 2.12 bits per heavy atom. The lowest BCUT2D eigenvalue weighted by atomic mass is 10.1. The molecule has 0 radical (unpaired) electrons. The van der Waals surface area contributed by atoms with Gasteiger partial charge < -0.3 is 9.64 Å². The molecule has 5 rings (SSSR count). The van der Waals surface area contributed by atoms with Crippen molar-refractivity contribution in [3.63, 3.8) is 0 Å². The van der Waals surface area contributed by atoms with Crippen molar-refractivity contribution >= 4 is 11.3 Å². The Morgan fingerprint density at radius 3 is 2.96 bits per heavy atom. The van der Waals surface area contributed by atoms with Gasteiger partial charge in [-0.2, -0.15) is 5.10 Å². The fourth-order valence-electron chi connectivity index (χ4n) is 3.59. The summed E-state index contributed by atoms with van der Waals surface area (Å²) in [7, 11) is 0. The Morgan fingerprint density at radius 1 is 1.16 bits per heavy atom. The molecule has 1 saturated carbocycles. The molecular weight excluding hydrogens is 314 g/mol. The maximum absolute atomic E-state index is 6.12. The van der Waals surface area contributed by atoms with Crippen LogP contribution in [0.1, 0.15) is 37.3 Å². The highest BCUT2D eigenvalue weighted by Gasteiger charge is 2.28. The fourth-order valence-corrected chi connectivity index (χ4v) is 3.59. The van der Waals surface area contributed by atoms with E-state index in [1.807, 2.05) is 29.0 Å². The number of piperidine rings is 1. The highest BCUT2D eigenvalue weighted by Crippen LogP contribution is 2.40. The van der Waals surface area contributed by atoms with Crippen LogP contribution in [0.5, 0.6) is 5.75 Å². The molecule has 1 atom stereocenters. The molecule has 0 aromatic carbocycles. The van der Waals surface area contributed by atoms with E-state index in [2.05, 4.69) is 20.9 Å². The molecule has 0 spiro atoms. The van der Waals surface area contributed by atoms with Gasteiger partial charge in [0.15, 0.2) is 5.82 Å². The first-order chi connectivity index (χ1) is 12.4. The van der Waals surface area contributed by atoms with Gasteiger partial charge in [-0.05, 0) is 43.9 Å². The second-order valence-corrected chi connectivity index (χ2v) is 6.94. The molecule has 1 aliphatic heterocycles. The quantitative estimate of drug-likeness (QED) is 0.733. The first-order valence-electron chi connectivity index (χ1n) is 9.03. The highest BCUT2D eigenvalue weighted by atomic mass is 16.5. The maximum atomic E-state index is 6.12. The van der Waals surface area contributed by atoms with Gasteiger partial charge in [0, 0.05) is 31.1 Å². The molecule has 2 fully saturated rings. The summed E-state index contributed by atoms with van der Waals surface area (Å²) in [5.74, 6) is 2.50. The van der Waals surface area contributed by atoms with E-state index in [0.717, 1.165) is 43.0 Å². The Balaban J connectivity index is 1.39. The second-order valence-electron chi connectivity index (χ2n) is 6.94. The van der Waals surface area contributed by atoms with Crippen LogP contribution in [0.4, 0.5) is 5.82 Å². The van der Waals surface area contributed by atoms with Crippen molar-refractivity contribution in [3.05, 3.63) is 48.7 Å². The van der Waals surface area contributed by atoms with Crippen molar-refractivity contribution in [2.45, 2.75) is 37.7 Å². The van der Waals surface area contributed by atoms with Crippen LogP contribution in [0.25, 0.3) is 5.52 Å². The summed E-state index contributed by atoms with van der Waals surface area (Å²) in [5.41, 5.74) is 2.31. The molecular formula is C19H21N5O. The Kier molecular flexibility index (Phi) is 3.54. The number of hydrogen-bond acceptors (Lipinski definition) is 5. The summed E-state index contributed by atoms with van der Waals surface area (Å²) in [6.45, 7) is 1.84. The average Bonchev–Trinajstić information content (AvgIpc) is 3.41. The minimum absolute atomic E-state index is 0.158. The van der Waals surface area contributed by atoms with E-state index in [1.54, 1.807) is 12.4 Å². The van der Waals surface area contributed by atoms with Crippen LogP contribution in [0, 0.1) is 0 Å². The summed E-state index contributed by atoms with van der Waals surface area (Å²) < 4.78 is 8.09. The molecule has 1 saturated heterocycles. The van der Waals surface area contributed by atoms with Crippen molar-refractivity contribution in [2.75, 3.05) is 18.0 Å². The monoisotopic (exact) mass is 335 g/mol. The van der Waals surface area contributed by atoms with Crippen molar-refractivity contribution in [2.24, 2.45) is 0 Å². The Hall–Kier alpha value is -2.63. The predicted octanol–water partition coefficient (Wildman–Crippen LogP) is 3.05. The molecule has 3 aromatic rings. The average molecular weight is 335 g/mol. The lowest BCUT2D eigenvalue weighted by molar-refractivity contribution is 0.178. The van der Waals surface area contributed by atoms with Gasteiger partial charge in [0.25, 0.3) is 0 Å². The van der Waals surface area contributed by atoms with Gasteiger partial charge in [0.1, 0.15) is 17.4 Å². The summed E-state index contributed by atoms with van der Waals surface area (Å²) in [6, 6.07) is 6.08.